The predicted molar refractivity (Wildman–Crippen MR) is 146 cm³/mol. The Morgan fingerprint density at radius 1 is 1.15 bits per heavy atom. The number of esters is 3. The monoisotopic (exact) mass is 570 g/mol. The Balaban J connectivity index is 1.68. The number of furan rings is 1. The van der Waals surface area contributed by atoms with Gasteiger partial charge in [-0.2, -0.15) is 0 Å². The summed E-state index contributed by atoms with van der Waals surface area (Å²) in [7, 11) is 1.21. The standard InChI is InChI=1S/C32H42O9/c1-8-16(2)28(36)41-27-19-13-18-20(32(6,25(19)35)24(30(27,3)4)23(34)29(37)38-7)9-11-31(5)21(18)14-22(33)40-26(31)17-10-12-39-15-17/h10,12-13,15-16,19-21,23-24,26-27,34H,8-9,11,14H2,1-7H3/t16?,19-,20-,21-,23+,24-,26-,27+,31+,32+/m0/s1. The van der Waals surface area contributed by atoms with E-state index in [1.807, 2.05) is 39.8 Å². The van der Waals surface area contributed by atoms with Gasteiger partial charge in [0.1, 0.15) is 18.0 Å². The molecule has 1 saturated heterocycles. The Morgan fingerprint density at radius 2 is 1.85 bits per heavy atom. The Hall–Kier alpha value is -2.94. The highest BCUT2D eigenvalue weighted by atomic mass is 16.6. The van der Waals surface area contributed by atoms with E-state index >= 15 is 0 Å². The third-order valence-corrected chi connectivity index (χ3v) is 11.1. The van der Waals surface area contributed by atoms with E-state index < -0.39 is 58.3 Å². The first-order valence-electron chi connectivity index (χ1n) is 14.7. The summed E-state index contributed by atoms with van der Waals surface area (Å²) in [6.07, 6.45) is 4.01. The maximum atomic E-state index is 14.5. The van der Waals surface area contributed by atoms with E-state index in [2.05, 4.69) is 6.92 Å². The van der Waals surface area contributed by atoms with Crippen molar-refractivity contribution in [2.24, 2.45) is 45.8 Å². The Bertz CT molecular complexity index is 1260. The molecule has 2 heterocycles. The SMILES string of the molecule is CCC(C)C(=O)O[C@@H]1[C@H]2C=C3[C@@H]4CC(=O)O[C@@H](c5ccoc5)[C@]4(C)CC[C@@H]3[C@@](C)(C2=O)[C@@H]([C@@H](O)C(=O)OC)C1(C)C. The van der Waals surface area contributed by atoms with E-state index in [-0.39, 0.29) is 35.9 Å². The van der Waals surface area contributed by atoms with Gasteiger partial charge in [-0.15, -0.1) is 0 Å². The highest BCUT2D eigenvalue weighted by Gasteiger charge is 2.70. The highest BCUT2D eigenvalue weighted by Crippen LogP contribution is 2.68. The number of ketones is 1. The maximum Gasteiger partial charge on any atom is 0.335 e. The smallest absolute Gasteiger partial charge is 0.335 e. The van der Waals surface area contributed by atoms with Gasteiger partial charge in [-0.05, 0) is 37.2 Å². The third kappa shape index (κ3) is 4.21. The maximum absolute atomic E-state index is 14.5. The number of aliphatic hydroxyl groups is 1. The molecule has 1 aliphatic heterocycles. The van der Waals surface area contributed by atoms with Gasteiger partial charge in [0.2, 0.25) is 0 Å². The van der Waals surface area contributed by atoms with Crippen LogP contribution in [0.5, 0.6) is 0 Å². The molecule has 10 atom stereocenters. The van der Waals surface area contributed by atoms with Crippen LogP contribution in [0.1, 0.15) is 78.9 Å². The van der Waals surface area contributed by atoms with Crippen LogP contribution in [0.2, 0.25) is 0 Å². The Labute approximate surface area is 241 Å². The van der Waals surface area contributed by atoms with Gasteiger partial charge in [0.15, 0.2) is 6.10 Å². The molecule has 0 spiro atoms. The topological polar surface area (TPSA) is 129 Å². The molecule has 0 radical (unpaired) electrons. The third-order valence-electron chi connectivity index (χ3n) is 11.1. The Kier molecular flexibility index (Phi) is 7.28. The fraction of sp³-hybridized carbons (Fsp3) is 0.688. The van der Waals surface area contributed by atoms with Gasteiger partial charge in [-0.1, -0.05) is 53.2 Å². The van der Waals surface area contributed by atoms with Crippen LogP contribution in [-0.2, 0) is 33.4 Å². The van der Waals surface area contributed by atoms with Crippen molar-refractivity contribution in [3.63, 3.8) is 0 Å². The van der Waals surface area contributed by atoms with Gasteiger partial charge in [-0.25, -0.2) is 4.79 Å². The van der Waals surface area contributed by atoms with Gasteiger partial charge < -0.3 is 23.7 Å². The van der Waals surface area contributed by atoms with E-state index in [0.717, 1.165) is 11.1 Å². The molecule has 224 valence electrons. The van der Waals surface area contributed by atoms with E-state index in [0.29, 0.717) is 19.3 Å². The average molecular weight is 571 g/mol. The fourth-order valence-corrected chi connectivity index (χ4v) is 8.76. The predicted octanol–water partition coefficient (Wildman–Crippen LogP) is 4.58. The van der Waals surface area contributed by atoms with Crippen molar-refractivity contribution in [2.75, 3.05) is 7.11 Å². The average Bonchev–Trinajstić information content (AvgIpc) is 3.46. The lowest BCUT2D eigenvalue weighted by molar-refractivity contribution is -0.211. The van der Waals surface area contributed by atoms with Gasteiger partial charge in [-0.3, -0.25) is 14.4 Å². The van der Waals surface area contributed by atoms with Crippen molar-refractivity contribution >= 4 is 23.7 Å². The molecule has 0 amide bonds. The summed E-state index contributed by atoms with van der Waals surface area (Å²) in [5.74, 6) is -4.40. The molecule has 2 bridgehead atoms. The van der Waals surface area contributed by atoms with Crippen LogP contribution in [0.15, 0.2) is 34.7 Å². The number of carbonyl (C=O) groups excluding carboxylic acids is 4. The molecule has 9 heteroatoms. The largest absolute Gasteiger partial charge is 0.472 e. The molecule has 1 aromatic rings. The molecule has 1 N–H and O–H groups in total. The molecule has 3 fully saturated rings. The number of hydrogen-bond acceptors (Lipinski definition) is 9. The normalized spacial score (nSPS) is 38.9. The zero-order chi connectivity index (χ0) is 30.1. The van der Waals surface area contributed by atoms with Crippen LogP contribution in [0.4, 0.5) is 0 Å². The van der Waals surface area contributed by atoms with Crippen molar-refractivity contribution in [2.45, 2.75) is 85.5 Å². The first kappa shape index (κ1) is 29.5. The number of carbonyl (C=O) groups is 4. The number of Topliss-reactive ketones (excluding diaryl/α,β-unsaturated/α-hetero) is 1. The molecule has 1 aromatic heterocycles. The zero-order valence-corrected chi connectivity index (χ0v) is 25.0. The minimum atomic E-state index is -1.61. The summed E-state index contributed by atoms with van der Waals surface area (Å²) >= 11 is 0. The fourth-order valence-electron chi connectivity index (χ4n) is 8.76. The summed E-state index contributed by atoms with van der Waals surface area (Å²) in [4.78, 5) is 53.5. The number of aliphatic hydroxyl groups excluding tert-OH is 1. The minimum absolute atomic E-state index is 0.148. The summed E-state index contributed by atoms with van der Waals surface area (Å²) in [5.41, 5.74) is -0.877. The van der Waals surface area contributed by atoms with E-state index in [4.69, 9.17) is 18.6 Å². The second kappa shape index (κ2) is 10.1. The van der Waals surface area contributed by atoms with Gasteiger partial charge in [0.05, 0.1) is 37.9 Å². The number of hydrogen-bond donors (Lipinski definition) is 1. The molecule has 2 saturated carbocycles. The lowest BCUT2D eigenvalue weighted by atomic mass is 9.40. The van der Waals surface area contributed by atoms with Crippen molar-refractivity contribution in [3.05, 3.63) is 35.8 Å². The van der Waals surface area contributed by atoms with Crippen molar-refractivity contribution in [1.29, 1.82) is 0 Å². The molecule has 4 aliphatic rings. The second-order valence-corrected chi connectivity index (χ2v) is 13.6. The van der Waals surface area contributed by atoms with Crippen LogP contribution < -0.4 is 0 Å². The number of allylic oxidation sites excluding steroid dienone is 1. The van der Waals surface area contributed by atoms with Crippen LogP contribution in [0, 0.1) is 45.8 Å². The number of methoxy groups -OCH3 is 1. The van der Waals surface area contributed by atoms with Crippen LogP contribution in [0.3, 0.4) is 0 Å². The zero-order valence-electron chi connectivity index (χ0n) is 25.0. The lowest BCUT2D eigenvalue weighted by Gasteiger charge is -2.64. The second-order valence-electron chi connectivity index (χ2n) is 13.6. The lowest BCUT2D eigenvalue weighted by Crippen LogP contribution is -2.69. The van der Waals surface area contributed by atoms with E-state index in [1.165, 1.54) is 7.11 Å². The summed E-state index contributed by atoms with van der Waals surface area (Å²) in [5, 5.41) is 11.5. The molecule has 5 rings (SSSR count). The number of cyclic esters (lactones) is 1. The van der Waals surface area contributed by atoms with Crippen LogP contribution in [-0.4, -0.2) is 48.1 Å². The van der Waals surface area contributed by atoms with Crippen LogP contribution in [0.25, 0.3) is 0 Å². The minimum Gasteiger partial charge on any atom is -0.472 e. The molecule has 1 unspecified atom stereocenters. The van der Waals surface area contributed by atoms with E-state index in [9.17, 15) is 24.3 Å². The quantitative estimate of drug-likeness (QED) is 0.297. The summed E-state index contributed by atoms with van der Waals surface area (Å²) < 4.78 is 22.3. The van der Waals surface area contributed by atoms with E-state index in [1.54, 1.807) is 19.5 Å². The van der Waals surface area contributed by atoms with Gasteiger partial charge in [0, 0.05) is 27.7 Å². The number of rotatable bonds is 6. The Morgan fingerprint density at radius 3 is 2.46 bits per heavy atom. The van der Waals surface area contributed by atoms with Gasteiger partial charge >= 0.3 is 17.9 Å². The summed E-state index contributed by atoms with van der Waals surface area (Å²) in [6, 6.07) is 1.81. The molecular weight excluding hydrogens is 528 g/mol. The molecule has 41 heavy (non-hydrogen) atoms. The highest BCUT2D eigenvalue weighted by molar-refractivity contribution is 5.94. The molecular formula is C32H42O9. The van der Waals surface area contributed by atoms with Crippen molar-refractivity contribution < 1.29 is 42.9 Å². The first-order chi connectivity index (χ1) is 19.2. The van der Waals surface area contributed by atoms with Gasteiger partial charge in [0.25, 0.3) is 0 Å². The van der Waals surface area contributed by atoms with Crippen molar-refractivity contribution in [3.8, 4) is 0 Å². The van der Waals surface area contributed by atoms with Crippen molar-refractivity contribution in [1.82, 2.24) is 0 Å². The van der Waals surface area contributed by atoms with Crippen LogP contribution >= 0.6 is 0 Å². The number of fused-ring (bicyclic) bond motifs is 6. The molecule has 3 aliphatic carbocycles. The molecule has 0 aromatic carbocycles. The number of ether oxygens (including phenoxy) is 3. The first-order valence-corrected chi connectivity index (χ1v) is 14.7. The summed E-state index contributed by atoms with van der Waals surface area (Å²) in [6.45, 7) is 11.3. The molecule has 9 nitrogen and oxygen atoms in total.